The Morgan fingerprint density at radius 3 is 3.17 bits per heavy atom. The number of hydrogen-bond donors (Lipinski definition) is 1. The van der Waals surface area contributed by atoms with E-state index in [9.17, 15) is 4.79 Å². The minimum Gasteiger partial charge on any atom is -0.371 e. The molecule has 1 fully saturated rings. The van der Waals surface area contributed by atoms with Gasteiger partial charge in [-0.15, -0.1) is 0 Å². The number of aliphatic imine (C=N–C) groups is 1. The summed E-state index contributed by atoms with van der Waals surface area (Å²) in [5, 5.41) is 3.28. The smallest absolute Gasteiger partial charge is 0.145 e. The van der Waals surface area contributed by atoms with Crippen molar-refractivity contribution in [3.63, 3.8) is 0 Å². The van der Waals surface area contributed by atoms with Gasteiger partial charge >= 0.3 is 0 Å². The number of nitrogens with one attached hydrogen (secondary N) is 1. The van der Waals surface area contributed by atoms with Gasteiger partial charge in [0.2, 0.25) is 0 Å². The maximum Gasteiger partial charge on any atom is 0.145 e. The summed E-state index contributed by atoms with van der Waals surface area (Å²) in [6.07, 6.45) is 2.73. The van der Waals surface area contributed by atoms with Gasteiger partial charge in [0.1, 0.15) is 11.6 Å². The predicted molar refractivity (Wildman–Crippen MR) is 47.2 cm³/mol. The molecule has 2 rings (SSSR count). The van der Waals surface area contributed by atoms with Crippen LogP contribution in [0.2, 0.25) is 0 Å². The number of carbonyl (C=O) groups excluding carboxylic acids is 1. The Hall–Kier alpha value is -0.860. The number of Topliss-reactive ketones (excluding diaryl/α,β-unsaturated/α-hetero) is 1. The molecule has 2 atom stereocenters. The van der Waals surface area contributed by atoms with Gasteiger partial charge in [0.05, 0.1) is 5.92 Å². The molecule has 0 aromatic rings. The van der Waals surface area contributed by atoms with Crippen molar-refractivity contribution in [2.45, 2.75) is 32.2 Å². The van der Waals surface area contributed by atoms with Gasteiger partial charge in [-0.3, -0.25) is 9.79 Å². The molecule has 3 nitrogen and oxygen atoms in total. The SMILES string of the molecule is CC1CCC2C(=O)CCN=C2N1. The van der Waals surface area contributed by atoms with Gasteiger partial charge in [0.15, 0.2) is 0 Å². The van der Waals surface area contributed by atoms with Crippen LogP contribution >= 0.6 is 0 Å². The summed E-state index contributed by atoms with van der Waals surface area (Å²) >= 11 is 0. The second-order valence-electron chi connectivity index (χ2n) is 3.66. The summed E-state index contributed by atoms with van der Waals surface area (Å²) in [4.78, 5) is 15.8. The van der Waals surface area contributed by atoms with Crippen molar-refractivity contribution in [3.05, 3.63) is 0 Å². The van der Waals surface area contributed by atoms with Crippen LogP contribution in [0.15, 0.2) is 4.99 Å². The van der Waals surface area contributed by atoms with Crippen molar-refractivity contribution in [1.82, 2.24) is 5.32 Å². The Labute approximate surface area is 72.3 Å². The lowest BCUT2D eigenvalue weighted by Crippen LogP contribution is -2.47. The summed E-state index contributed by atoms with van der Waals surface area (Å²) in [6, 6.07) is 0.492. The lowest BCUT2D eigenvalue weighted by atomic mass is 9.87. The molecule has 0 aliphatic carbocycles. The van der Waals surface area contributed by atoms with E-state index in [2.05, 4.69) is 17.2 Å². The van der Waals surface area contributed by atoms with E-state index in [4.69, 9.17) is 0 Å². The summed E-state index contributed by atoms with van der Waals surface area (Å²) in [7, 11) is 0. The first kappa shape index (κ1) is 7.77. The Morgan fingerprint density at radius 1 is 1.50 bits per heavy atom. The topological polar surface area (TPSA) is 41.5 Å². The van der Waals surface area contributed by atoms with E-state index in [0.29, 0.717) is 24.8 Å². The zero-order valence-electron chi connectivity index (χ0n) is 7.34. The molecule has 3 heteroatoms. The van der Waals surface area contributed by atoms with Crippen LogP contribution in [0.1, 0.15) is 26.2 Å². The Morgan fingerprint density at radius 2 is 2.33 bits per heavy atom. The molecule has 0 saturated carbocycles. The molecule has 2 unspecified atom stereocenters. The highest BCUT2D eigenvalue weighted by atomic mass is 16.1. The van der Waals surface area contributed by atoms with E-state index < -0.39 is 0 Å². The normalized spacial score (nSPS) is 35.1. The first-order valence-electron chi connectivity index (χ1n) is 4.61. The summed E-state index contributed by atoms with van der Waals surface area (Å²) in [5.74, 6) is 1.43. The first-order valence-corrected chi connectivity index (χ1v) is 4.61. The lowest BCUT2D eigenvalue weighted by molar-refractivity contribution is -0.121. The van der Waals surface area contributed by atoms with Gasteiger partial charge in [-0.2, -0.15) is 0 Å². The van der Waals surface area contributed by atoms with Crippen LogP contribution in [0.5, 0.6) is 0 Å². The zero-order valence-corrected chi connectivity index (χ0v) is 7.34. The molecule has 1 saturated heterocycles. The molecule has 0 radical (unpaired) electrons. The van der Waals surface area contributed by atoms with E-state index in [1.807, 2.05) is 0 Å². The largest absolute Gasteiger partial charge is 0.371 e. The van der Waals surface area contributed by atoms with Gasteiger partial charge in [-0.05, 0) is 19.8 Å². The average Bonchev–Trinajstić information content (AvgIpc) is 2.04. The quantitative estimate of drug-likeness (QED) is 0.577. The van der Waals surface area contributed by atoms with Gasteiger partial charge in [-0.1, -0.05) is 0 Å². The fourth-order valence-corrected chi connectivity index (χ4v) is 1.91. The summed E-state index contributed by atoms with van der Waals surface area (Å²) in [6.45, 7) is 2.82. The molecule has 2 aliphatic heterocycles. The molecule has 2 aliphatic rings. The molecule has 1 N–H and O–H groups in total. The van der Waals surface area contributed by atoms with Gasteiger partial charge in [0.25, 0.3) is 0 Å². The second-order valence-corrected chi connectivity index (χ2v) is 3.66. The molecule has 2 heterocycles. The van der Waals surface area contributed by atoms with Crippen molar-refractivity contribution < 1.29 is 4.79 Å². The van der Waals surface area contributed by atoms with Crippen molar-refractivity contribution >= 4 is 11.6 Å². The third kappa shape index (κ3) is 1.24. The number of fused-ring (bicyclic) bond motifs is 1. The lowest BCUT2D eigenvalue weighted by Gasteiger charge is -2.31. The number of ketones is 1. The maximum absolute atomic E-state index is 11.4. The molecule has 0 bridgehead atoms. The second kappa shape index (κ2) is 2.88. The molecule has 66 valence electrons. The molecule has 12 heavy (non-hydrogen) atoms. The van der Waals surface area contributed by atoms with Gasteiger partial charge in [0, 0.05) is 19.0 Å². The molecular weight excluding hydrogens is 152 g/mol. The van der Waals surface area contributed by atoms with Crippen LogP contribution in [0.4, 0.5) is 0 Å². The number of hydrogen-bond acceptors (Lipinski definition) is 3. The van der Waals surface area contributed by atoms with Crippen LogP contribution in [-0.4, -0.2) is 24.2 Å². The van der Waals surface area contributed by atoms with Gasteiger partial charge < -0.3 is 5.32 Å². The summed E-state index contributed by atoms with van der Waals surface area (Å²) in [5.41, 5.74) is 0. The number of rotatable bonds is 0. The number of amidine groups is 1. The van der Waals surface area contributed by atoms with E-state index >= 15 is 0 Å². The minimum atomic E-state index is 0.106. The van der Waals surface area contributed by atoms with E-state index in [1.54, 1.807) is 0 Å². The van der Waals surface area contributed by atoms with E-state index in [-0.39, 0.29) is 5.92 Å². The number of nitrogens with zero attached hydrogens (tertiary/aromatic N) is 1. The highest BCUT2D eigenvalue weighted by Crippen LogP contribution is 2.21. The zero-order chi connectivity index (χ0) is 8.55. The highest BCUT2D eigenvalue weighted by molar-refractivity contribution is 6.06. The fourth-order valence-electron chi connectivity index (χ4n) is 1.91. The van der Waals surface area contributed by atoms with E-state index in [0.717, 1.165) is 18.7 Å². The van der Waals surface area contributed by atoms with Crippen LogP contribution < -0.4 is 5.32 Å². The Kier molecular flexibility index (Phi) is 1.87. The molecule has 0 aromatic carbocycles. The van der Waals surface area contributed by atoms with Crippen molar-refractivity contribution in [3.8, 4) is 0 Å². The standard InChI is InChI=1S/C9H14N2O/c1-6-2-3-7-8(12)4-5-10-9(7)11-6/h6-7H,2-5H2,1H3,(H,10,11). The Bertz CT molecular complexity index is 235. The minimum absolute atomic E-state index is 0.106. The Balaban J connectivity index is 2.17. The monoisotopic (exact) mass is 166 g/mol. The molecule has 0 spiro atoms. The maximum atomic E-state index is 11.4. The molecule has 0 aromatic heterocycles. The third-order valence-corrected chi connectivity index (χ3v) is 2.64. The molecule has 0 amide bonds. The fraction of sp³-hybridized carbons (Fsp3) is 0.778. The number of carbonyl (C=O) groups is 1. The molecular formula is C9H14N2O. The van der Waals surface area contributed by atoms with Crippen LogP contribution in [0.3, 0.4) is 0 Å². The van der Waals surface area contributed by atoms with Crippen molar-refractivity contribution in [1.29, 1.82) is 0 Å². The van der Waals surface area contributed by atoms with Crippen LogP contribution in [0, 0.1) is 5.92 Å². The average molecular weight is 166 g/mol. The van der Waals surface area contributed by atoms with Gasteiger partial charge in [-0.25, -0.2) is 0 Å². The van der Waals surface area contributed by atoms with E-state index in [1.165, 1.54) is 0 Å². The first-order chi connectivity index (χ1) is 5.77. The van der Waals surface area contributed by atoms with Crippen molar-refractivity contribution in [2.24, 2.45) is 10.9 Å². The highest BCUT2D eigenvalue weighted by Gasteiger charge is 2.31. The predicted octanol–water partition coefficient (Wildman–Crippen LogP) is 0.746. The van der Waals surface area contributed by atoms with Crippen molar-refractivity contribution in [2.75, 3.05) is 6.54 Å². The third-order valence-electron chi connectivity index (χ3n) is 2.64. The summed E-state index contributed by atoms with van der Waals surface area (Å²) < 4.78 is 0. The van der Waals surface area contributed by atoms with Crippen LogP contribution in [0.25, 0.3) is 0 Å². The number of piperidine rings is 1. The van der Waals surface area contributed by atoms with Crippen LogP contribution in [-0.2, 0) is 4.79 Å².